The molecule has 0 fully saturated rings. The molecule has 0 saturated heterocycles. The molecule has 1 aromatic rings. The highest BCUT2D eigenvalue weighted by atomic mass is 32.1. The zero-order valence-corrected chi connectivity index (χ0v) is 7.51. The van der Waals surface area contributed by atoms with E-state index in [2.05, 4.69) is 17.5 Å². The lowest BCUT2D eigenvalue weighted by molar-refractivity contribution is 0.0982. The van der Waals surface area contributed by atoms with Crippen molar-refractivity contribution in [3.63, 3.8) is 0 Å². The number of nitrogens with one attached hydrogen (secondary N) is 1. The van der Waals surface area contributed by atoms with Gasteiger partial charge in [0.15, 0.2) is 0 Å². The smallest absolute Gasteiger partial charge is 0.264 e. The van der Waals surface area contributed by atoms with E-state index in [0.717, 1.165) is 0 Å². The van der Waals surface area contributed by atoms with E-state index in [4.69, 9.17) is 11.5 Å². The molecule has 0 aliphatic heterocycles. The summed E-state index contributed by atoms with van der Waals surface area (Å²) in [4.78, 5) is 11.1. The van der Waals surface area contributed by atoms with Gasteiger partial charge in [0.25, 0.3) is 5.91 Å². The molecule has 0 aliphatic rings. The summed E-state index contributed by atoms with van der Waals surface area (Å²) in [6.45, 7) is 0. The van der Waals surface area contributed by atoms with E-state index in [1.54, 1.807) is 0 Å². The number of phenolic OH excluding ortho intramolecular Hbond substituents is 1. The van der Waals surface area contributed by atoms with Gasteiger partial charge in [-0.05, 0) is 6.07 Å². The number of thiol groups is 1. The first kappa shape index (κ1) is 9.53. The summed E-state index contributed by atoms with van der Waals surface area (Å²) in [5.41, 5.74) is 11.3. The third-order valence-corrected chi connectivity index (χ3v) is 1.75. The SMILES string of the molecule is Nc1cc(O)c(C(=O)NS)cc1N. The zero-order valence-electron chi connectivity index (χ0n) is 6.61. The van der Waals surface area contributed by atoms with Gasteiger partial charge in [-0.25, -0.2) is 0 Å². The Bertz CT molecular complexity index is 354. The van der Waals surface area contributed by atoms with Gasteiger partial charge >= 0.3 is 0 Å². The Balaban J connectivity index is 3.23. The summed E-state index contributed by atoms with van der Waals surface area (Å²) >= 11 is 3.55. The molecule has 0 unspecified atom stereocenters. The second-order valence-corrected chi connectivity index (χ2v) is 2.66. The number of benzene rings is 1. The number of aromatic hydroxyl groups is 1. The summed E-state index contributed by atoms with van der Waals surface area (Å²) in [6, 6.07) is 2.50. The van der Waals surface area contributed by atoms with E-state index in [-0.39, 0.29) is 22.7 Å². The minimum absolute atomic E-state index is 0.0432. The molecule has 0 atom stereocenters. The number of hydrogen-bond donors (Lipinski definition) is 5. The molecule has 0 bridgehead atoms. The molecular formula is C7H9N3O2S. The number of anilines is 2. The third kappa shape index (κ3) is 1.78. The van der Waals surface area contributed by atoms with Gasteiger partial charge in [-0.2, -0.15) is 0 Å². The number of nitrogen functional groups attached to an aromatic ring is 2. The summed E-state index contributed by atoms with van der Waals surface area (Å²) in [7, 11) is 0. The van der Waals surface area contributed by atoms with Crippen LogP contribution in [-0.2, 0) is 0 Å². The van der Waals surface area contributed by atoms with Crippen molar-refractivity contribution in [2.45, 2.75) is 0 Å². The first-order valence-corrected chi connectivity index (χ1v) is 3.83. The number of phenols is 1. The number of carbonyl (C=O) groups is 1. The highest BCUT2D eigenvalue weighted by Gasteiger charge is 2.11. The van der Waals surface area contributed by atoms with E-state index < -0.39 is 5.91 Å². The fourth-order valence-corrected chi connectivity index (χ4v) is 0.984. The van der Waals surface area contributed by atoms with E-state index in [0.29, 0.717) is 0 Å². The fraction of sp³-hybridized carbons (Fsp3) is 0. The second-order valence-electron chi connectivity index (χ2n) is 2.44. The van der Waals surface area contributed by atoms with E-state index >= 15 is 0 Å². The Kier molecular flexibility index (Phi) is 2.52. The zero-order chi connectivity index (χ0) is 10.0. The van der Waals surface area contributed by atoms with Crippen molar-refractivity contribution in [1.29, 1.82) is 0 Å². The molecule has 5 nitrogen and oxygen atoms in total. The quantitative estimate of drug-likeness (QED) is 0.252. The van der Waals surface area contributed by atoms with Gasteiger partial charge in [0.05, 0.1) is 16.9 Å². The Morgan fingerprint density at radius 2 is 1.92 bits per heavy atom. The van der Waals surface area contributed by atoms with Crippen LogP contribution in [0.25, 0.3) is 0 Å². The maximum Gasteiger partial charge on any atom is 0.264 e. The molecule has 0 spiro atoms. The van der Waals surface area contributed by atoms with Crippen LogP contribution in [0.3, 0.4) is 0 Å². The first-order chi connectivity index (χ1) is 6.06. The summed E-state index contributed by atoms with van der Waals surface area (Å²) in [6.07, 6.45) is 0. The van der Waals surface area contributed by atoms with Gasteiger partial charge in [0.2, 0.25) is 0 Å². The molecule has 1 amide bonds. The van der Waals surface area contributed by atoms with Gasteiger partial charge in [0, 0.05) is 6.07 Å². The second kappa shape index (κ2) is 3.44. The van der Waals surface area contributed by atoms with E-state index in [1.807, 2.05) is 0 Å². The van der Waals surface area contributed by atoms with Crippen LogP contribution >= 0.6 is 12.8 Å². The molecule has 0 radical (unpaired) electrons. The normalized spacial score (nSPS) is 9.62. The van der Waals surface area contributed by atoms with Crippen molar-refractivity contribution in [1.82, 2.24) is 4.72 Å². The van der Waals surface area contributed by atoms with Gasteiger partial charge in [-0.3, -0.25) is 9.52 Å². The number of amides is 1. The average molecular weight is 199 g/mol. The number of hydrogen-bond acceptors (Lipinski definition) is 5. The van der Waals surface area contributed by atoms with Crippen LogP contribution in [0.4, 0.5) is 11.4 Å². The highest BCUT2D eigenvalue weighted by molar-refractivity contribution is 7.78. The Hall–Kier alpha value is -1.56. The number of rotatable bonds is 1. The lowest BCUT2D eigenvalue weighted by Gasteiger charge is -2.05. The molecule has 0 aromatic heterocycles. The molecule has 1 aromatic carbocycles. The number of nitrogens with two attached hydrogens (primary N) is 2. The molecule has 0 saturated carbocycles. The molecule has 1 rings (SSSR count). The molecule has 70 valence electrons. The number of carbonyl (C=O) groups excluding carboxylic acids is 1. The van der Waals surface area contributed by atoms with Gasteiger partial charge in [-0.15, -0.1) is 0 Å². The van der Waals surface area contributed by atoms with E-state index in [9.17, 15) is 9.90 Å². The standard InChI is InChI=1S/C7H9N3O2S/c8-4-1-3(7(12)10-13)6(11)2-5(4)9/h1-2,11,13H,8-9H2,(H,10,12). The lowest BCUT2D eigenvalue weighted by Crippen LogP contribution is -2.13. The molecule has 13 heavy (non-hydrogen) atoms. The van der Waals surface area contributed by atoms with Gasteiger partial charge in [0.1, 0.15) is 5.75 Å². The maximum absolute atomic E-state index is 11.1. The fourth-order valence-electron chi connectivity index (χ4n) is 0.863. The van der Waals surface area contributed by atoms with Gasteiger partial charge < -0.3 is 16.6 Å². The summed E-state index contributed by atoms with van der Waals surface area (Å²) < 4.78 is 2.07. The Morgan fingerprint density at radius 1 is 1.38 bits per heavy atom. The van der Waals surface area contributed by atoms with Crippen LogP contribution in [0.1, 0.15) is 10.4 Å². The van der Waals surface area contributed by atoms with Crippen molar-refractivity contribution in [3.8, 4) is 5.75 Å². The van der Waals surface area contributed by atoms with Crippen molar-refractivity contribution >= 4 is 30.1 Å². The van der Waals surface area contributed by atoms with E-state index in [1.165, 1.54) is 12.1 Å². The molecule has 6 heteroatoms. The molecule has 0 heterocycles. The van der Waals surface area contributed by atoms with Crippen molar-refractivity contribution < 1.29 is 9.90 Å². The van der Waals surface area contributed by atoms with Crippen LogP contribution in [0.5, 0.6) is 5.75 Å². The average Bonchev–Trinajstić information content (AvgIpc) is 2.10. The molecule has 6 N–H and O–H groups in total. The predicted molar refractivity (Wildman–Crippen MR) is 53.4 cm³/mol. The summed E-state index contributed by atoms with van der Waals surface area (Å²) in [5.74, 6) is -0.759. The maximum atomic E-state index is 11.1. The third-order valence-electron chi connectivity index (χ3n) is 1.55. The largest absolute Gasteiger partial charge is 0.507 e. The highest BCUT2D eigenvalue weighted by Crippen LogP contribution is 2.25. The first-order valence-electron chi connectivity index (χ1n) is 3.38. The van der Waals surface area contributed by atoms with Crippen molar-refractivity contribution in [2.75, 3.05) is 11.5 Å². The minimum Gasteiger partial charge on any atom is -0.507 e. The van der Waals surface area contributed by atoms with Crippen LogP contribution in [0.15, 0.2) is 12.1 Å². The molecule has 0 aliphatic carbocycles. The predicted octanol–water partition coefficient (Wildman–Crippen LogP) is 0.131. The van der Waals surface area contributed by atoms with Crippen molar-refractivity contribution in [3.05, 3.63) is 17.7 Å². The topological polar surface area (TPSA) is 101 Å². The monoisotopic (exact) mass is 199 g/mol. The Labute approximate surface area is 80.3 Å². The van der Waals surface area contributed by atoms with Crippen LogP contribution < -0.4 is 16.2 Å². The van der Waals surface area contributed by atoms with Crippen LogP contribution in [-0.4, -0.2) is 11.0 Å². The van der Waals surface area contributed by atoms with Crippen LogP contribution in [0, 0.1) is 0 Å². The van der Waals surface area contributed by atoms with Crippen LogP contribution in [0.2, 0.25) is 0 Å². The minimum atomic E-state index is -0.535. The van der Waals surface area contributed by atoms with Crippen molar-refractivity contribution in [2.24, 2.45) is 0 Å². The summed E-state index contributed by atoms with van der Waals surface area (Å²) in [5, 5.41) is 9.29. The van der Waals surface area contributed by atoms with Gasteiger partial charge in [-0.1, -0.05) is 12.8 Å². The Morgan fingerprint density at radius 3 is 2.46 bits per heavy atom. The molecular weight excluding hydrogens is 190 g/mol. The lowest BCUT2D eigenvalue weighted by atomic mass is 10.1.